The van der Waals surface area contributed by atoms with Crippen LogP contribution in [0.3, 0.4) is 0 Å². The molecule has 3 N–H and O–H groups in total. The van der Waals surface area contributed by atoms with E-state index >= 15 is 0 Å². The van der Waals surface area contributed by atoms with E-state index in [-0.39, 0.29) is 11.3 Å². The average molecular weight is 277 g/mol. The SMILES string of the molecule is C[C@H](N)C(=O)Nc1ccc2nc(C(C)(C)C)sc2c1. The number of nitrogens with one attached hydrogen (secondary N) is 1. The minimum atomic E-state index is -0.512. The standard InChI is InChI=1S/C14H19N3OS/c1-8(15)12(18)16-9-5-6-10-11(7-9)19-13(17-10)14(2,3)4/h5-8H,15H2,1-4H3,(H,16,18)/t8-/m0/s1. The maximum Gasteiger partial charge on any atom is 0.240 e. The molecule has 2 rings (SSSR count). The lowest BCUT2D eigenvalue weighted by atomic mass is 9.98. The molecule has 0 saturated carbocycles. The Labute approximate surface area is 117 Å². The number of hydrogen-bond donors (Lipinski definition) is 2. The molecule has 0 aliphatic rings. The van der Waals surface area contributed by atoms with Gasteiger partial charge in [0.25, 0.3) is 0 Å². The summed E-state index contributed by atoms with van der Waals surface area (Å²) < 4.78 is 1.08. The van der Waals surface area contributed by atoms with Crippen molar-refractivity contribution >= 4 is 33.1 Å². The molecular formula is C14H19N3OS. The first kappa shape index (κ1) is 14.0. The van der Waals surface area contributed by atoms with Crippen LogP contribution in [0, 0.1) is 0 Å². The van der Waals surface area contributed by atoms with Gasteiger partial charge in [-0.2, -0.15) is 0 Å². The summed E-state index contributed by atoms with van der Waals surface area (Å²) in [5, 5.41) is 3.89. The molecule has 1 atom stereocenters. The Bertz CT molecular complexity index is 611. The van der Waals surface area contributed by atoms with Crippen molar-refractivity contribution in [2.45, 2.75) is 39.2 Å². The van der Waals surface area contributed by atoms with Crippen LogP contribution in [0.1, 0.15) is 32.7 Å². The number of thiazole rings is 1. The summed E-state index contributed by atoms with van der Waals surface area (Å²) in [7, 11) is 0. The lowest BCUT2D eigenvalue weighted by Crippen LogP contribution is -2.32. The number of carbonyl (C=O) groups excluding carboxylic acids is 1. The number of nitrogens with zero attached hydrogens (tertiary/aromatic N) is 1. The van der Waals surface area contributed by atoms with Gasteiger partial charge in [0.05, 0.1) is 21.3 Å². The molecule has 0 aliphatic carbocycles. The van der Waals surface area contributed by atoms with Crippen LogP contribution in [-0.4, -0.2) is 16.9 Å². The van der Waals surface area contributed by atoms with Crippen molar-refractivity contribution in [1.82, 2.24) is 4.98 Å². The molecule has 0 saturated heterocycles. The van der Waals surface area contributed by atoms with Gasteiger partial charge in [-0.1, -0.05) is 20.8 Å². The smallest absolute Gasteiger partial charge is 0.240 e. The molecular weight excluding hydrogens is 258 g/mol. The summed E-state index contributed by atoms with van der Waals surface area (Å²) in [6.45, 7) is 8.09. The number of nitrogens with two attached hydrogens (primary N) is 1. The predicted molar refractivity (Wildman–Crippen MR) is 80.6 cm³/mol. The molecule has 2 aromatic rings. The molecule has 0 bridgehead atoms. The van der Waals surface area contributed by atoms with Crippen LogP contribution >= 0.6 is 11.3 Å². The molecule has 1 aromatic heterocycles. The zero-order valence-corrected chi connectivity index (χ0v) is 12.5. The second-order valence-corrected chi connectivity index (χ2v) is 6.76. The van der Waals surface area contributed by atoms with Crippen LogP contribution in [0.2, 0.25) is 0 Å². The van der Waals surface area contributed by atoms with E-state index < -0.39 is 6.04 Å². The summed E-state index contributed by atoms with van der Waals surface area (Å²) in [4.78, 5) is 16.2. The first-order valence-electron chi connectivity index (χ1n) is 6.25. The van der Waals surface area contributed by atoms with Crippen LogP contribution in [0.15, 0.2) is 18.2 Å². The molecule has 19 heavy (non-hydrogen) atoms. The van der Waals surface area contributed by atoms with Gasteiger partial charge < -0.3 is 11.1 Å². The maximum absolute atomic E-state index is 11.6. The Morgan fingerprint density at radius 1 is 1.42 bits per heavy atom. The molecule has 0 unspecified atom stereocenters. The summed E-state index contributed by atoms with van der Waals surface area (Å²) in [6, 6.07) is 5.22. The number of carbonyl (C=O) groups is 1. The summed E-state index contributed by atoms with van der Waals surface area (Å²) in [5.74, 6) is -0.181. The van der Waals surface area contributed by atoms with E-state index in [1.165, 1.54) is 0 Å². The van der Waals surface area contributed by atoms with E-state index in [1.54, 1.807) is 18.3 Å². The Balaban J connectivity index is 2.33. The van der Waals surface area contributed by atoms with Crippen LogP contribution in [-0.2, 0) is 10.2 Å². The molecule has 1 heterocycles. The van der Waals surface area contributed by atoms with Crippen molar-refractivity contribution in [3.63, 3.8) is 0 Å². The highest BCUT2D eigenvalue weighted by Crippen LogP contribution is 2.32. The van der Waals surface area contributed by atoms with E-state index in [1.807, 2.05) is 18.2 Å². The number of rotatable bonds is 2. The maximum atomic E-state index is 11.6. The number of hydrogen-bond acceptors (Lipinski definition) is 4. The van der Waals surface area contributed by atoms with E-state index in [2.05, 4.69) is 31.1 Å². The molecule has 0 radical (unpaired) electrons. The van der Waals surface area contributed by atoms with Gasteiger partial charge in [0, 0.05) is 11.1 Å². The van der Waals surface area contributed by atoms with E-state index in [9.17, 15) is 4.79 Å². The number of anilines is 1. The number of fused-ring (bicyclic) bond motifs is 1. The lowest BCUT2D eigenvalue weighted by Gasteiger charge is -2.13. The third-order valence-electron chi connectivity index (χ3n) is 2.71. The van der Waals surface area contributed by atoms with E-state index in [0.717, 1.165) is 20.9 Å². The molecule has 0 fully saturated rings. The van der Waals surface area contributed by atoms with Gasteiger partial charge in [0.15, 0.2) is 0 Å². The minimum Gasteiger partial charge on any atom is -0.325 e. The Hall–Kier alpha value is -1.46. The topological polar surface area (TPSA) is 68.0 Å². The third kappa shape index (κ3) is 3.11. The van der Waals surface area contributed by atoms with Crippen LogP contribution in [0.25, 0.3) is 10.2 Å². The van der Waals surface area contributed by atoms with Gasteiger partial charge in [-0.15, -0.1) is 11.3 Å². The molecule has 102 valence electrons. The molecule has 0 spiro atoms. The summed E-state index contributed by atoms with van der Waals surface area (Å²) >= 11 is 1.66. The van der Waals surface area contributed by atoms with Crippen LogP contribution in [0.5, 0.6) is 0 Å². The van der Waals surface area contributed by atoms with Gasteiger partial charge in [-0.25, -0.2) is 4.98 Å². The predicted octanol–water partition coefficient (Wildman–Crippen LogP) is 2.88. The van der Waals surface area contributed by atoms with Crippen molar-refractivity contribution < 1.29 is 4.79 Å². The van der Waals surface area contributed by atoms with Gasteiger partial charge in [0.1, 0.15) is 0 Å². The fourth-order valence-electron chi connectivity index (χ4n) is 1.58. The highest BCUT2D eigenvalue weighted by atomic mass is 32.1. The zero-order chi connectivity index (χ0) is 14.2. The minimum absolute atomic E-state index is 0.0405. The van der Waals surface area contributed by atoms with Crippen LogP contribution in [0.4, 0.5) is 5.69 Å². The Morgan fingerprint density at radius 2 is 2.11 bits per heavy atom. The normalized spacial score (nSPS) is 13.5. The first-order chi connectivity index (χ1) is 8.77. The van der Waals surface area contributed by atoms with Gasteiger partial charge >= 0.3 is 0 Å². The summed E-state index contributed by atoms with van der Waals surface area (Å²) in [6.07, 6.45) is 0. The molecule has 1 aromatic carbocycles. The molecule has 1 amide bonds. The second-order valence-electron chi connectivity index (χ2n) is 5.73. The van der Waals surface area contributed by atoms with Gasteiger partial charge in [0.2, 0.25) is 5.91 Å². The highest BCUT2D eigenvalue weighted by molar-refractivity contribution is 7.18. The molecule has 5 heteroatoms. The number of aromatic nitrogens is 1. The van der Waals surface area contributed by atoms with Gasteiger partial charge in [-0.05, 0) is 25.1 Å². The van der Waals surface area contributed by atoms with Crippen LogP contribution < -0.4 is 11.1 Å². The largest absolute Gasteiger partial charge is 0.325 e. The van der Waals surface area contributed by atoms with Gasteiger partial charge in [-0.3, -0.25) is 4.79 Å². The van der Waals surface area contributed by atoms with Crippen molar-refractivity contribution in [3.8, 4) is 0 Å². The molecule has 4 nitrogen and oxygen atoms in total. The number of benzene rings is 1. The fraction of sp³-hybridized carbons (Fsp3) is 0.429. The van der Waals surface area contributed by atoms with E-state index in [0.29, 0.717) is 0 Å². The van der Waals surface area contributed by atoms with Crippen molar-refractivity contribution in [1.29, 1.82) is 0 Å². The highest BCUT2D eigenvalue weighted by Gasteiger charge is 2.19. The summed E-state index contributed by atoms with van der Waals surface area (Å²) in [5.41, 5.74) is 7.31. The monoisotopic (exact) mass is 277 g/mol. The van der Waals surface area contributed by atoms with Crippen molar-refractivity contribution in [2.24, 2.45) is 5.73 Å². The number of amides is 1. The Kier molecular flexibility index (Phi) is 3.60. The van der Waals surface area contributed by atoms with Crippen molar-refractivity contribution in [3.05, 3.63) is 23.2 Å². The third-order valence-corrected chi connectivity index (χ3v) is 4.16. The lowest BCUT2D eigenvalue weighted by molar-refractivity contribution is -0.117. The zero-order valence-electron chi connectivity index (χ0n) is 11.7. The fourth-order valence-corrected chi connectivity index (χ4v) is 2.64. The van der Waals surface area contributed by atoms with E-state index in [4.69, 9.17) is 5.73 Å². The second kappa shape index (κ2) is 4.90. The average Bonchev–Trinajstić information content (AvgIpc) is 2.71. The Morgan fingerprint density at radius 3 is 2.68 bits per heavy atom. The quantitative estimate of drug-likeness (QED) is 0.887. The first-order valence-corrected chi connectivity index (χ1v) is 7.06. The van der Waals surface area contributed by atoms with Crippen molar-refractivity contribution in [2.75, 3.05) is 5.32 Å². The molecule has 0 aliphatic heterocycles.